The highest BCUT2D eigenvalue weighted by Crippen LogP contribution is 2.17. The van der Waals surface area contributed by atoms with Crippen LogP contribution in [0.3, 0.4) is 0 Å². The minimum absolute atomic E-state index is 0.0349. The molecular weight excluding hydrogens is 304 g/mol. The van der Waals surface area contributed by atoms with Crippen molar-refractivity contribution in [3.8, 4) is 0 Å². The van der Waals surface area contributed by atoms with E-state index >= 15 is 0 Å². The van der Waals surface area contributed by atoms with E-state index in [1.807, 2.05) is 6.07 Å². The van der Waals surface area contributed by atoms with Crippen molar-refractivity contribution >= 4 is 23.2 Å². The van der Waals surface area contributed by atoms with Gasteiger partial charge in [0.25, 0.3) is 5.91 Å². The van der Waals surface area contributed by atoms with Gasteiger partial charge in [0.05, 0.1) is 6.04 Å². The number of carbonyl (C=O) groups is 2. The molecule has 1 aromatic heterocycles. The zero-order valence-electron chi connectivity index (χ0n) is 13.3. The van der Waals surface area contributed by atoms with Crippen LogP contribution in [0.4, 0.5) is 11.4 Å². The largest absolute Gasteiger partial charge is 0.325 e. The first kappa shape index (κ1) is 16.1. The highest BCUT2D eigenvalue weighted by molar-refractivity contribution is 6.04. The summed E-state index contributed by atoms with van der Waals surface area (Å²) in [5.74, 6) is -0.248. The van der Waals surface area contributed by atoms with E-state index in [0.717, 1.165) is 25.8 Å². The molecule has 6 heteroatoms. The first-order chi connectivity index (χ1) is 11.7. The lowest BCUT2D eigenvalue weighted by Crippen LogP contribution is -2.43. The van der Waals surface area contributed by atoms with E-state index in [1.165, 1.54) is 0 Å². The van der Waals surface area contributed by atoms with Gasteiger partial charge in [0.2, 0.25) is 5.91 Å². The molecule has 1 saturated heterocycles. The standard InChI is InChI=1S/C18H20N4O2/c23-17(13-7-10-19-11-8-13)21-14-4-3-5-15(12-14)22-18(24)16-6-1-2-9-20-16/h3-5,7-8,10-12,16,20H,1-2,6,9H2,(H,21,23)(H,22,24). The summed E-state index contributed by atoms with van der Waals surface area (Å²) < 4.78 is 0. The Bertz CT molecular complexity index is 712. The van der Waals surface area contributed by atoms with Crippen LogP contribution in [-0.4, -0.2) is 29.4 Å². The Kier molecular flexibility index (Phi) is 5.18. The summed E-state index contributed by atoms with van der Waals surface area (Å²) in [5.41, 5.74) is 1.83. The Morgan fingerprint density at radius 1 is 1.04 bits per heavy atom. The topological polar surface area (TPSA) is 83.1 Å². The van der Waals surface area contributed by atoms with Gasteiger partial charge in [-0.25, -0.2) is 0 Å². The van der Waals surface area contributed by atoms with Crippen molar-refractivity contribution in [2.24, 2.45) is 0 Å². The Labute approximate surface area is 140 Å². The van der Waals surface area contributed by atoms with Gasteiger partial charge in [-0.15, -0.1) is 0 Å². The Balaban J connectivity index is 1.63. The van der Waals surface area contributed by atoms with Crippen LogP contribution in [0.25, 0.3) is 0 Å². The summed E-state index contributed by atoms with van der Waals surface area (Å²) in [6.07, 6.45) is 6.17. The molecule has 1 atom stereocenters. The average molecular weight is 324 g/mol. The number of aromatic nitrogens is 1. The SMILES string of the molecule is O=C(Nc1cccc(NC(=O)C2CCCCN2)c1)c1ccncc1. The molecule has 0 radical (unpaired) electrons. The maximum absolute atomic E-state index is 12.3. The summed E-state index contributed by atoms with van der Waals surface area (Å²) in [6.45, 7) is 0.875. The zero-order chi connectivity index (χ0) is 16.8. The van der Waals surface area contributed by atoms with E-state index in [-0.39, 0.29) is 17.9 Å². The summed E-state index contributed by atoms with van der Waals surface area (Å²) in [7, 11) is 0. The number of anilines is 2. The van der Waals surface area contributed by atoms with Crippen LogP contribution in [0.2, 0.25) is 0 Å². The fourth-order valence-corrected chi connectivity index (χ4v) is 2.69. The van der Waals surface area contributed by atoms with Gasteiger partial charge in [-0.05, 0) is 49.7 Å². The molecule has 1 unspecified atom stereocenters. The predicted molar refractivity (Wildman–Crippen MR) is 92.9 cm³/mol. The van der Waals surface area contributed by atoms with Crippen molar-refractivity contribution in [3.63, 3.8) is 0 Å². The molecule has 1 aliphatic heterocycles. The van der Waals surface area contributed by atoms with Crippen LogP contribution >= 0.6 is 0 Å². The Morgan fingerprint density at radius 3 is 2.50 bits per heavy atom. The third kappa shape index (κ3) is 4.17. The van der Waals surface area contributed by atoms with Crippen LogP contribution in [-0.2, 0) is 4.79 Å². The molecule has 24 heavy (non-hydrogen) atoms. The molecule has 1 aliphatic rings. The molecule has 2 amide bonds. The number of amides is 2. The number of rotatable bonds is 4. The van der Waals surface area contributed by atoms with Gasteiger partial charge in [0.1, 0.15) is 0 Å². The lowest BCUT2D eigenvalue weighted by atomic mass is 10.0. The molecule has 2 heterocycles. The molecule has 1 aromatic carbocycles. The van der Waals surface area contributed by atoms with Crippen molar-refractivity contribution in [3.05, 3.63) is 54.4 Å². The highest BCUT2D eigenvalue weighted by atomic mass is 16.2. The molecule has 3 rings (SSSR count). The van der Waals surface area contributed by atoms with Gasteiger partial charge >= 0.3 is 0 Å². The number of nitrogens with one attached hydrogen (secondary N) is 3. The Morgan fingerprint density at radius 2 is 1.79 bits per heavy atom. The van der Waals surface area contributed by atoms with E-state index < -0.39 is 0 Å². The first-order valence-corrected chi connectivity index (χ1v) is 8.08. The molecule has 3 N–H and O–H groups in total. The minimum atomic E-state index is -0.213. The molecule has 0 spiro atoms. The lowest BCUT2D eigenvalue weighted by molar-refractivity contribution is -0.118. The molecule has 1 fully saturated rings. The number of hydrogen-bond donors (Lipinski definition) is 3. The molecular formula is C18H20N4O2. The third-order valence-electron chi connectivity index (χ3n) is 3.96. The van der Waals surface area contributed by atoms with Crippen molar-refractivity contribution in [2.45, 2.75) is 25.3 Å². The normalized spacial score (nSPS) is 17.1. The molecule has 0 saturated carbocycles. The smallest absolute Gasteiger partial charge is 0.255 e. The van der Waals surface area contributed by atoms with Gasteiger partial charge < -0.3 is 16.0 Å². The molecule has 0 bridgehead atoms. The fourth-order valence-electron chi connectivity index (χ4n) is 2.69. The monoisotopic (exact) mass is 324 g/mol. The maximum atomic E-state index is 12.3. The third-order valence-corrected chi connectivity index (χ3v) is 3.96. The lowest BCUT2D eigenvalue weighted by Gasteiger charge is -2.22. The minimum Gasteiger partial charge on any atom is -0.325 e. The summed E-state index contributed by atoms with van der Waals surface area (Å²) in [4.78, 5) is 28.3. The van der Waals surface area contributed by atoms with Crippen molar-refractivity contribution in [1.82, 2.24) is 10.3 Å². The van der Waals surface area contributed by atoms with Crippen LogP contribution < -0.4 is 16.0 Å². The van der Waals surface area contributed by atoms with E-state index in [0.29, 0.717) is 16.9 Å². The fraction of sp³-hybridized carbons (Fsp3) is 0.278. The number of nitrogens with zero attached hydrogens (tertiary/aromatic N) is 1. The number of hydrogen-bond acceptors (Lipinski definition) is 4. The maximum Gasteiger partial charge on any atom is 0.255 e. The second-order valence-electron chi connectivity index (χ2n) is 5.76. The highest BCUT2D eigenvalue weighted by Gasteiger charge is 2.20. The van der Waals surface area contributed by atoms with E-state index in [2.05, 4.69) is 20.9 Å². The Hall–Kier alpha value is -2.73. The number of piperidine rings is 1. The van der Waals surface area contributed by atoms with Crippen molar-refractivity contribution < 1.29 is 9.59 Å². The predicted octanol–water partition coefficient (Wildman–Crippen LogP) is 2.41. The zero-order valence-corrected chi connectivity index (χ0v) is 13.3. The van der Waals surface area contributed by atoms with Gasteiger partial charge in [-0.2, -0.15) is 0 Å². The van der Waals surface area contributed by atoms with Gasteiger partial charge in [-0.1, -0.05) is 12.5 Å². The number of carbonyl (C=O) groups excluding carboxylic acids is 2. The van der Waals surface area contributed by atoms with Gasteiger partial charge in [0, 0.05) is 29.3 Å². The molecule has 0 aliphatic carbocycles. The first-order valence-electron chi connectivity index (χ1n) is 8.08. The van der Waals surface area contributed by atoms with Crippen LogP contribution in [0.15, 0.2) is 48.8 Å². The van der Waals surface area contributed by atoms with Crippen molar-refractivity contribution in [1.29, 1.82) is 0 Å². The van der Waals surface area contributed by atoms with E-state index in [4.69, 9.17) is 0 Å². The molecule has 2 aromatic rings. The average Bonchev–Trinajstić information content (AvgIpc) is 2.63. The van der Waals surface area contributed by atoms with Gasteiger partial charge in [0.15, 0.2) is 0 Å². The van der Waals surface area contributed by atoms with Crippen LogP contribution in [0, 0.1) is 0 Å². The summed E-state index contributed by atoms with van der Waals surface area (Å²) in [6, 6.07) is 10.3. The summed E-state index contributed by atoms with van der Waals surface area (Å²) >= 11 is 0. The molecule has 6 nitrogen and oxygen atoms in total. The van der Waals surface area contributed by atoms with Crippen molar-refractivity contribution in [2.75, 3.05) is 17.2 Å². The quantitative estimate of drug-likeness (QED) is 0.806. The van der Waals surface area contributed by atoms with Gasteiger partial charge in [-0.3, -0.25) is 14.6 Å². The van der Waals surface area contributed by atoms with Crippen LogP contribution in [0.1, 0.15) is 29.6 Å². The summed E-state index contributed by atoms with van der Waals surface area (Å²) in [5, 5.41) is 8.94. The van der Waals surface area contributed by atoms with E-state index in [9.17, 15) is 9.59 Å². The molecule has 124 valence electrons. The number of benzene rings is 1. The van der Waals surface area contributed by atoms with E-state index in [1.54, 1.807) is 42.7 Å². The second-order valence-corrected chi connectivity index (χ2v) is 5.76. The van der Waals surface area contributed by atoms with Crippen LogP contribution in [0.5, 0.6) is 0 Å². The second kappa shape index (κ2) is 7.70. The number of pyridine rings is 1.